The van der Waals surface area contributed by atoms with Crippen molar-refractivity contribution in [2.75, 3.05) is 32.2 Å². The van der Waals surface area contributed by atoms with Crippen LogP contribution in [0.4, 0.5) is 5.82 Å². The Hall–Kier alpha value is -2.76. The first-order valence-corrected chi connectivity index (χ1v) is 9.41. The van der Waals surface area contributed by atoms with Gasteiger partial charge in [-0.25, -0.2) is 4.98 Å². The van der Waals surface area contributed by atoms with E-state index in [9.17, 15) is 4.79 Å². The minimum absolute atomic E-state index is 0.00800. The maximum absolute atomic E-state index is 12.3. The third-order valence-electron chi connectivity index (χ3n) is 5.31. The smallest absolute Gasteiger partial charge is 0.251 e. The summed E-state index contributed by atoms with van der Waals surface area (Å²) in [5.41, 5.74) is 1.83. The Morgan fingerprint density at radius 3 is 2.74 bits per heavy atom. The quantitative estimate of drug-likeness (QED) is 0.850. The van der Waals surface area contributed by atoms with Gasteiger partial charge in [-0.15, -0.1) is 0 Å². The minimum Gasteiger partial charge on any atom is -0.497 e. The highest BCUT2D eigenvalue weighted by Gasteiger charge is 2.28. The Balaban J connectivity index is 1.50. The second kappa shape index (κ2) is 7.47. The van der Waals surface area contributed by atoms with Crippen molar-refractivity contribution in [2.45, 2.75) is 31.2 Å². The highest BCUT2D eigenvalue weighted by Crippen LogP contribution is 2.37. The number of aromatic nitrogens is 1. The normalized spacial score (nSPS) is 19.0. The third kappa shape index (κ3) is 3.84. The fourth-order valence-corrected chi connectivity index (χ4v) is 3.61. The number of hydrogen-bond donors (Lipinski definition) is 1. The number of rotatable bonds is 6. The zero-order valence-corrected chi connectivity index (χ0v) is 15.8. The molecule has 6 nitrogen and oxygen atoms in total. The molecular weight excluding hydrogens is 342 g/mol. The van der Waals surface area contributed by atoms with Gasteiger partial charge in [0.25, 0.3) is 5.91 Å². The molecule has 27 heavy (non-hydrogen) atoms. The summed E-state index contributed by atoms with van der Waals surface area (Å²) in [6, 6.07) is 9.95. The number of hydrogen-bond acceptors (Lipinski definition) is 5. The fourth-order valence-electron chi connectivity index (χ4n) is 3.61. The van der Waals surface area contributed by atoms with E-state index in [4.69, 9.17) is 9.47 Å². The van der Waals surface area contributed by atoms with Crippen LogP contribution in [0.3, 0.4) is 0 Å². The average molecular weight is 367 g/mol. The number of pyridine rings is 1. The lowest BCUT2D eigenvalue weighted by Crippen LogP contribution is -2.26. The number of amides is 1. The van der Waals surface area contributed by atoms with Crippen LogP contribution >= 0.6 is 0 Å². The predicted molar refractivity (Wildman–Crippen MR) is 104 cm³/mol. The lowest BCUT2D eigenvalue weighted by Gasteiger charge is -2.19. The van der Waals surface area contributed by atoms with Gasteiger partial charge in [0.05, 0.1) is 14.2 Å². The van der Waals surface area contributed by atoms with Crippen LogP contribution in [0, 0.1) is 0 Å². The summed E-state index contributed by atoms with van der Waals surface area (Å²) in [6.45, 7) is 1.73. The summed E-state index contributed by atoms with van der Waals surface area (Å²) in [6.07, 6.45) is 4.89. The van der Waals surface area contributed by atoms with Crippen molar-refractivity contribution in [1.29, 1.82) is 0 Å². The molecule has 1 aromatic carbocycles. The molecule has 0 radical (unpaired) electrons. The van der Waals surface area contributed by atoms with Crippen LogP contribution in [0.5, 0.6) is 11.5 Å². The van der Waals surface area contributed by atoms with E-state index in [1.165, 1.54) is 0 Å². The SMILES string of the molecule is COc1ccc(OC)c([C@H]2CCN(c3cc(C(=O)NC4CC4)ccn3)C2)c1. The van der Waals surface area contributed by atoms with Crippen LogP contribution < -0.4 is 19.7 Å². The van der Waals surface area contributed by atoms with Gasteiger partial charge >= 0.3 is 0 Å². The molecule has 142 valence electrons. The Labute approximate surface area is 159 Å². The molecule has 2 heterocycles. The van der Waals surface area contributed by atoms with Crippen LogP contribution in [0.2, 0.25) is 0 Å². The summed E-state index contributed by atoms with van der Waals surface area (Å²) in [4.78, 5) is 19.0. The molecule has 2 aromatic rings. The van der Waals surface area contributed by atoms with Crippen LogP contribution in [0.1, 0.15) is 41.1 Å². The molecule has 2 fully saturated rings. The standard InChI is InChI=1S/C21H25N3O3/c1-26-17-5-6-19(27-2)18(12-17)15-8-10-24(13-15)20-11-14(7-9-22-20)21(25)23-16-3-4-16/h5-7,9,11-12,15-16H,3-4,8,10,13H2,1-2H3,(H,23,25)/t15-/m0/s1. The van der Waals surface area contributed by atoms with E-state index in [-0.39, 0.29) is 5.91 Å². The topological polar surface area (TPSA) is 63.7 Å². The predicted octanol–water partition coefficient (Wildman–Crippen LogP) is 2.98. The van der Waals surface area contributed by atoms with E-state index in [1.807, 2.05) is 18.2 Å². The number of carbonyl (C=O) groups is 1. The highest BCUT2D eigenvalue weighted by atomic mass is 16.5. The Bertz CT molecular complexity index is 835. The first-order chi connectivity index (χ1) is 13.2. The lowest BCUT2D eigenvalue weighted by molar-refractivity contribution is 0.0951. The number of carbonyl (C=O) groups excluding carboxylic acids is 1. The molecule has 6 heteroatoms. The lowest BCUT2D eigenvalue weighted by atomic mass is 9.97. The van der Waals surface area contributed by atoms with Gasteiger partial charge in [0.2, 0.25) is 0 Å². The second-order valence-corrected chi connectivity index (χ2v) is 7.19. The number of methoxy groups -OCH3 is 2. The third-order valence-corrected chi connectivity index (χ3v) is 5.31. The van der Waals surface area contributed by atoms with Crippen molar-refractivity contribution >= 4 is 11.7 Å². The average Bonchev–Trinajstić information content (AvgIpc) is 3.39. The van der Waals surface area contributed by atoms with Gasteiger partial charge in [0.15, 0.2) is 0 Å². The number of ether oxygens (including phenoxy) is 2. The first kappa shape index (κ1) is 17.6. The van der Waals surface area contributed by atoms with E-state index in [0.29, 0.717) is 17.5 Å². The van der Waals surface area contributed by atoms with Crippen molar-refractivity contribution in [2.24, 2.45) is 0 Å². The molecule has 2 aliphatic rings. The molecule has 1 aromatic heterocycles. The molecule has 1 aliphatic carbocycles. The Morgan fingerprint density at radius 1 is 1.15 bits per heavy atom. The summed E-state index contributed by atoms with van der Waals surface area (Å²) in [7, 11) is 3.37. The summed E-state index contributed by atoms with van der Waals surface area (Å²) < 4.78 is 10.9. The van der Waals surface area contributed by atoms with E-state index in [0.717, 1.165) is 55.2 Å². The molecule has 1 aliphatic heterocycles. The van der Waals surface area contributed by atoms with Crippen LogP contribution in [-0.4, -0.2) is 44.2 Å². The zero-order valence-electron chi connectivity index (χ0n) is 15.8. The number of nitrogens with zero attached hydrogens (tertiary/aromatic N) is 2. The molecule has 1 N–H and O–H groups in total. The fraction of sp³-hybridized carbons (Fsp3) is 0.429. The molecule has 0 spiro atoms. The van der Waals surface area contributed by atoms with Gasteiger partial charge < -0.3 is 19.7 Å². The van der Waals surface area contributed by atoms with Gasteiger partial charge in [0.1, 0.15) is 17.3 Å². The number of nitrogens with one attached hydrogen (secondary N) is 1. The maximum Gasteiger partial charge on any atom is 0.251 e. The van der Waals surface area contributed by atoms with E-state index >= 15 is 0 Å². The van der Waals surface area contributed by atoms with Crippen molar-refractivity contribution in [3.63, 3.8) is 0 Å². The molecule has 1 saturated carbocycles. The Kier molecular flexibility index (Phi) is 4.88. The molecule has 1 saturated heterocycles. The van der Waals surface area contributed by atoms with Gasteiger partial charge in [-0.1, -0.05) is 0 Å². The van der Waals surface area contributed by atoms with Crippen LogP contribution in [0.15, 0.2) is 36.5 Å². The molecule has 0 unspecified atom stereocenters. The largest absolute Gasteiger partial charge is 0.497 e. The van der Waals surface area contributed by atoms with Crippen molar-refractivity contribution in [1.82, 2.24) is 10.3 Å². The first-order valence-electron chi connectivity index (χ1n) is 9.41. The molecule has 1 atom stereocenters. The molecule has 4 rings (SSSR count). The van der Waals surface area contributed by atoms with Gasteiger partial charge in [-0.05, 0) is 49.6 Å². The van der Waals surface area contributed by atoms with Gasteiger partial charge in [-0.3, -0.25) is 4.79 Å². The Morgan fingerprint density at radius 2 is 2.00 bits per heavy atom. The van der Waals surface area contributed by atoms with Crippen molar-refractivity contribution in [3.8, 4) is 11.5 Å². The molecular formula is C21H25N3O3. The van der Waals surface area contributed by atoms with E-state index < -0.39 is 0 Å². The van der Waals surface area contributed by atoms with Crippen LogP contribution in [0.25, 0.3) is 0 Å². The summed E-state index contributed by atoms with van der Waals surface area (Å²) in [5, 5.41) is 3.03. The highest BCUT2D eigenvalue weighted by molar-refractivity contribution is 5.95. The summed E-state index contributed by atoms with van der Waals surface area (Å²) in [5.74, 6) is 2.89. The second-order valence-electron chi connectivity index (χ2n) is 7.19. The van der Waals surface area contributed by atoms with Gasteiger partial charge in [0, 0.05) is 42.4 Å². The van der Waals surface area contributed by atoms with Gasteiger partial charge in [-0.2, -0.15) is 0 Å². The summed E-state index contributed by atoms with van der Waals surface area (Å²) >= 11 is 0. The minimum atomic E-state index is -0.00800. The van der Waals surface area contributed by atoms with Crippen LogP contribution in [-0.2, 0) is 0 Å². The van der Waals surface area contributed by atoms with Crippen molar-refractivity contribution in [3.05, 3.63) is 47.7 Å². The maximum atomic E-state index is 12.3. The monoisotopic (exact) mass is 367 g/mol. The molecule has 1 amide bonds. The van der Waals surface area contributed by atoms with E-state index in [2.05, 4.69) is 21.3 Å². The molecule has 0 bridgehead atoms. The van der Waals surface area contributed by atoms with E-state index in [1.54, 1.807) is 26.5 Å². The van der Waals surface area contributed by atoms with Crippen molar-refractivity contribution < 1.29 is 14.3 Å². The zero-order chi connectivity index (χ0) is 18.8. The number of anilines is 1. The number of benzene rings is 1.